The van der Waals surface area contributed by atoms with Crippen molar-refractivity contribution in [3.63, 3.8) is 0 Å². The minimum Gasteiger partial charge on any atom is -0.464 e. The van der Waals surface area contributed by atoms with Crippen LogP contribution in [0.4, 0.5) is 4.79 Å². The van der Waals surface area contributed by atoms with Crippen LogP contribution in [0.3, 0.4) is 0 Å². The standard InChI is InChI=1S/C21H27N3O3/c25-20(27-15-7-10-17-8-3-1-4-9-17)19-16-22-13-14-24(19)21(26)23-18-11-5-2-6-12-18/h1,3-4,8-9,13-14,16,18-19H,2,5-7,10-12,15H2,(H,23,26). The van der Waals surface area contributed by atoms with E-state index in [2.05, 4.69) is 22.4 Å². The molecule has 1 N–H and O–H groups in total. The molecule has 1 atom stereocenters. The molecule has 0 bridgehead atoms. The lowest BCUT2D eigenvalue weighted by Crippen LogP contribution is -2.51. The van der Waals surface area contributed by atoms with Gasteiger partial charge in [-0.15, -0.1) is 0 Å². The second-order valence-electron chi connectivity index (χ2n) is 6.99. The largest absolute Gasteiger partial charge is 0.464 e. The average molecular weight is 369 g/mol. The van der Waals surface area contributed by atoms with Gasteiger partial charge in [0.05, 0.1) is 6.61 Å². The first-order valence-corrected chi connectivity index (χ1v) is 9.73. The average Bonchev–Trinajstić information content (AvgIpc) is 2.72. The van der Waals surface area contributed by atoms with Crippen molar-refractivity contribution in [1.82, 2.24) is 10.2 Å². The van der Waals surface area contributed by atoms with Crippen molar-refractivity contribution in [3.8, 4) is 0 Å². The topological polar surface area (TPSA) is 71.0 Å². The Hall–Kier alpha value is -2.63. The summed E-state index contributed by atoms with van der Waals surface area (Å²) in [5.41, 5.74) is 1.21. The van der Waals surface area contributed by atoms with Crippen LogP contribution >= 0.6 is 0 Å². The van der Waals surface area contributed by atoms with Gasteiger partial charge in [0.25, 0.3) is 0 Å². The van der Waals surface area contributed by atoms with Crippen LogP contribution in [0, 0.1) is 0 Å². The fraction of sp³-hybridized carbons (Fsp3) is 0.476. The van der Waals surface area contributed by atoms with E-state index in [1.807, 2.05) is 18.2 Å². The molecule has 6 heteroatoms. The molecule has 0 radical (unpaired) electrons. The molecular formula is C21H27N3O3. The van der Waals surface area contributed by atoms with E-state index in [-0.39, 0.29) is 12.1 Å². The van der Waals surface area contributed by atoms with E-state index in [1.54, 1.807) is 0 Å². The van der Waals surface area contributed by atoms with Crippen LogP contribution in [-0.4, -0.2) is 41.8 Å². The summed E-state index contributed by atoms with van der Waals surface area (Å²) in [6.45, 7) is 0.319. The number of nitrogens with one attached hydrogen (secondary N) is 1. The first-order chi connectivity index (χ1) is 13.2. The summed E-state index contributed by atoms with van der Waals surface area (Å²) in [5.74, 6) is -0.449. The molecule has 1 aliphatic carbocycles. The summed E-state index contributed by atoms with van der Waals surface area (Å²) >= 11 is 0. The lowest BCUT2D eigenvalue weighted by Gasteiger charge is -2.30. The van der Waals surface area contributed by atoms with Crippen LogP contribution in [0.2, 0.25) is 0 Å². The summed E-state index contributed by atoms with van der Waals surface area (Å²) in [6.07, 6.45) is 11.6. The molecule has 1 heterocycles. The Morgan fingerprint density at radius 3 is 2.70 bits per heavy atom. The highest BCUT2D eigenvalue weighted by Crippen LogP contribution is 2.18. The Balaban J connectivity index is 1.47. The Labute approximate surface area is 160 Å². The highest BCUT2D eigenvalue weighted by Gasteiger charge is 2.31. The molecule has 2 aliphatic rings. The predicted molar refractivity (Wildman–Crippen MR) is 104 cm³/mol. The van der Waals surface area contributed by atoms with Crippen LogP contribution in [0.5, 0.6) is 0 Å². The molecule has 1 aromatic carbocycles. The van der Waals surface area contributed by atoms with Crippen molar-refractivity contribution < 1.29 is 14.3 Å². The number of urea groups is 1. The maximum Gasteiger partial charge on any atom is 0.334 e. The Morgan fingerprint density at radius 2 is 1.93 bits per heavy atom. The number of hydrogen-bond donors (Lipinski definition) is 1. The quantitative estimate of drug-likeness (QED) is 0.617. The van der Waals surface area contributed by atoms with Gasteiger partial charge in [-0.2, -0.15) is 0 Å². The second-order valence-corrected chi connectivity index (χ2v) is 6.99. The van der Waals surface area contributed by atoms with Crippen LogP contribution in [0.1, 0.15) is 44.1 Å². The van der Waals surface area contributed by atoms with E-state index in [0.717, 1.165) is 38.5 Å². The van der Waals surface area contributed by atoms with Gasteiger partial charge in [-0.3, -0.25) is 9.89 Å². The fourth-order valence-electron chi connectivity index (χ4n) is 3.45. The first kappa shape index (κ1) is 19.1. The van der Waals surface area contributed by atoms with E-state index in [1.165, 1.54) is 35.5 Å². The zero-order chi connectivity index (χ0) is 18.9. The first-order valence-electron chi connectivity index (χ1n) is 9.73. The van der Waals surface area contributed by atoms with Gasteiger partial charge in [-0.25, -0.2) is 9.59 Å². The van der Waals surface area contributed by atoms with Gasteiger partial charge >= 0.3 is 12.0 Å². The lowest BCUT2D eigenvalue weighted by atomic mass is 9.96. The van der Waals surface area contributed by atoms with E-state index in [0.29, 0.717) is 6.61 Å². The van der Waals surface area contributed by atoms with Crippen LogP contribution in [0.15, 0.2) is 47.7 Å². The Morgan fingerprint density at radius 1 is 1.15 bits per heavy atom. The number of ether oxygens (including phenoxy) is 1. The van der Waals surface area contributed by atoms with Gasteiger partial charge in [0.15, 0.2) is 6.04 Å². The highest BCUT2D eigenvalue weighted by atomic mass is 16.5. The van der Waals surface area contributed by atoms with Crippen molar-refractivity contribution in [2.75, 3.05) is 6.61 Å². The predicted octanol–water partition coefficient (Wildman–Crippen LogP) is 3.43. The van der Waals surface area contributed by atoms with Gasteiger partial charge in [0.2, 0.25) is 0 Å². The second kappa shape index (κ2) is 9.90. The third-order valence-corrected chi connectivity index (χ3v) is 4.95. The fourth-order valence-corrected chi connectivity index (χ4v) is 3.45. The number of rotatable bonds is 6. The molecule has 0 saturated heterocycles. The third-order valence-electron chi connectivity index (χ3n) is 4.95. The molecular weight excluding hydrogens is 342 g/mol. The maximum absolute atomic E-state index is 12.6. The number of esters is 1. The third kappa shape index (κ3) is 5.67. The van der Waals surface area contributed by atoms with Crippen LogP contribution < -0.4 is 5.32 Å². The number of benzene rings is 1. The van der Waals surface area contributed by atoms with E-state index >= 15 is 0 Å². The summed E-state index contributed by atoms with van der Waals surface area (Å²) in [7, 11) is 0. The minimum absolute atomic E-state index is 0.182. The monoisotopic (exact) mass is 369 g/mol. The number of nitrogens with zero attached hydrogens (tertiary/aromatic N) is 2. The number of hydrogen-bond acceptors (Lipinski definition) is 4. The maximum atomic E-state index is 12.6. The molecule has 2 amide bonds. The summed E-state index contributed by atoms with van der Waals surface area (Å²) in [5, 5.41) is 3.03. The molecule has 1 unspecified atom stereocenters. The van der Waals surface area contributed by atoms with Gasteiger partial charge in [0.1, 0.15) is 0 Å². The molecule has 0 aromatic heterocycles. The van der Waals surface area contributed by atoms with Crippen LogP contribution in [0.25, 0.3) is 0 Å². The smallest absolute Gasteiger partial charge is 0.334 e. The van der Waals surface area contributed by atoms with Crippen molar-refractivity contribution in [2.24, 2.45) is 4.99 Å². The van der Waals surface area contributed by atoms with E-state index in [4.69, 9.17) is 4.74 Å². The van der Waals surface area contributed by atoms with E-state index < -0.39 is 12.0 Å². The molecule has 0 spiro atoms. The molecule has 1 saturated carbocycles. The van der Waals surface area contributed by atoms with Crippen molar-refractivity contribution in [3.05, 3.63) is 48.3 Å². The summed E-state index contributed by atoms with van der Waals surface area (Å²) in [6, 6.07) is 9.18. The van der Waals surface area contributed by atoms with Crippen molar-refractivity contribution in [2.45, 2.75) is 57.0 Å². The van der Waals surface area contributed by atoms with Crippen LogP contribution in [-0.2, 0) is 16.0 Å². The lowest BCUT2D eigenvalue weighted by molar-refractivity contribution is -0.145. The zero-order valence-electron chi connectivity index (χ0n) is 15.5. The molecule has 1 aliphatic heterocycles. The SMILES string of the molecule is O=C(OCCCc1ccccc1)C1C=NC=CN1C(=O)NC1CCCCC1. The molecule has 144 valence electrons. The zero-order valence-corrected chi connectivity index (χ0v) is 15.5. The number of aryl methyl sites for hydroxylation is 1. The normalized spacial score (nSPS) is 19.7. The molecule has 6 nitrogen and oxygen atoms in total. The summed E-state index contributed by atoms with van der Waals surface area (Å²) < 4.78 is 5.39. The molecule has 3 rings (SSSR count). The summed E-state index contributed by atoms with van der Waals surface area (Å²) in [4.78, 5) is 30.4. The number of carbonyl (C=O) groups is 2. The molecule has 27 heavy (non-hydrogen) atoms. The van der Waals surface area contributed by atoms with Crippen molar-refractivity contribution >= 4 is 18.2 Å². The van der Waals surface area contributed by atoms with Crippen molar-refractivity contribution in [1.29, 1.82) is 0 Å². The van der Waals surface area contributed by atoms with Gasteiger partial charge in [-0.1, -0.05) is 49.6 Å². The number of aliphatic imine (C=N–C) groups is 1. The van der Waals surface area contributed by atoms with Gasteiger partial charge in [0, 0.05) is 24.7 Å². The molecule has 1 aromatic rings. The number of carbonyl (C=O) groups excluding carboxylic acids is 2. The number of amides is 2. The van der Waals surface area contributed by atoms with Gasteiger partial charge < -0.3 is 10.1 Å². The molecule has 1 fully saturated rings. The minimum atomic E-state index is -0.810. The Bertz CT molecular complexity index is 681. The van der Waals surface area contributed by atoms with E-state index in [9.17, 15) is 9.59 Å². The Kier molecular flexibility index (Phi) is 7.02. The highest BCUT2D eigenvalue weighted by molar-refractivity contribution is 5.99. The van der Waals surface area contributed by atoms with Gasteiger partial charge in [-0.05, 0) is 31.2 Å².